The maximum Gasteiger partial charge on any atom is 0.326 e. The van der Waals surface area contributed by atoms with Gasteiger partial charge in [-0.1, -0.05) is 13.3 Å². The van der Waals surface area contributed by atoms with Crippen LogP contribution in [0.4, 0.5) is 4.79 Å². The predicted molar refractivity (Wildman–Crippen MR) is 66.4 cm³/mol. The van der Waals surface area contributed by atoms with Gasteiger partial charge in [-0.3, -0.25) is 0 Å². The molecule has 1 aliphatic rings. The van der Waals surface area contributed by atoms with Crippen LogP contribution in [-0.4, -0.2) is 41.9 Å². The first-order valence-corrected chi connectivity index (χ1v) is 6.48. The van der Waals surface area contributed by atoms with Gasteiger partial charge >= 0.3 is 12.0 Å². The number of rotatable bonds is 7. The van der Waals surface area contributed by atoms with Crippen LogP contribution in [0.2, 0.25) is 0 Å². The second-order valence-corrected chi connectivity index (χ2v) is 4.54. The molecule has 0 unspecified atom stereocenters. The van der Waals surface area contributed by atoms with E-state index in [-0.39, 0.29) is 12.1 Å². The average molecular weight is 258 g/mol. The molecule has 1 aliphatic carbocycles. The summed E-state index contributed by atoms with van der Waals surface area (Å²) in [5.41, 5.74) is 0. The summed E-state index contributed by atoms with van der Waals surface area (Å²) in [5, 5.41) is 14.1. The SMILES string of the molecule is CCC[C@H](NC(=O)NC1CC(OCC)C1)C(=O)O. The van der Waals surface area contributed by atoms with Gasteiger partial charge in [0.2, 0.25) is 0 Å². The summed E-state index contributed by atoms with van der Waals surface area (Å²) in [4.78, 5) is 22.4. The molecular formula is C12H22N2O4. The van der Waals surface area contributed by atoms with Crippen LogP contribution >= 0.6 is 0 Å². The van der Waals surface area contributed by atoms with Crippen LogP contribution in [0.5, 0.6) is 0 Å². The molecule has 0 aromatic heterocycles. The zero-order chi connectivity index (χ0) is 13.5. The van der Waals surface area contributed by atoms with Gasteiger partial charge in [-0.05, 0) is 26.2 Å². The molecule has 1 fully saturated rings. The Bertz CT molecular complexity index is 290. The molecule has 1 saturated carbocycles. The second kappa shape index (κ2) is 7.20. The second-order valence-electron chi connectivity index (χ2n) is 4.54. The highest BCUT2D eigenvalue weighted by Crippen LogP contribution is 2.22. The van der Waals surface area contributed by atoms with Crippen molar-refractivity contribution in [2.45, 2.75) is 57.7 Å². The van der Waals surface area contributed by atoms with E-state index in [1.807, 2.05) is 13.8 Å². The van der Waals surface area contributed by atoms with Gasteiger partial charge in [0.25, 0.3) is 0 Å². The monoisotopic (exact) mass is 258 g/mol. The maximum absolute atomic E-state index is 11.6. The predicted octanol–water partition coefficient (Wildman–Crippen LogP) is 1.11. The number of carbonyl (C=O) groups excluding carboxylic acids is 1. The zero-order valence-corrected chi connectivity index (χ0v) is 10.9. The van der Waals surface area contributed by atoms with Gasteiger partial charge in [0.05, 0.1) is 6.10 Å². The molecule has 0 aromatic rings. The highest BCUT2D eigenvalue weighted by Gasteiger charge is 2.31. The Morgan fingerprint density at radius 2 is 2.06 bits per heavy atom. The summed E-state index contributed by atoms with van der Waals surface area (Å²) in [6.07, 6.45) is 2.98. The van der Waals surface area contributed by atoms with Crippen molar-refractivity contribution in [3.05, 3.63) is 0 Å². The van der Waals surface area contributed by atoms with Crippen molar-refractivity contribution in [1.82, 2.24) is 10.6 Å². The van der Waals surface area contributed by atoms with Crippen molar-refractivity contribution in [2.24, 2.45) is 0 Å². The number of urea groups is 1. The van der Waals surface area contributed by atoms with Crippen LogP contribution in [-0.2, 0) is 9.53 Å². The lowest BCUT2D eigenvalue weighted by molar-refractivity contribution is -0.139. The van der Waals surface area contributed by atoms with Crippen molar-refractivity contribution in [3.8, 4) is 0 Å². The highest BCUT2D eigenvalue weighted by molar-refractivity contribution is 5.82. The van der Waals surface area contributed by atoms with Crippen LogP contribution in [0.25, 0.3) is 0 Å². The van der Waals surface area contributed by atoms with E-state index in [0.717, 1.165) is 12.8 Å². The topological polar surface area (TPSA) is 87.7 Å². The fourth-order valence-corrected chi connectivity index (χ4v) is 1.99. The molecule has 0 saturated heterocycles. The van der Waals surface area contributed by atoms with E-state index in [1.165, 1.54) is 0 Å². The summed E-state index contributed by atoms with van der Waals surface area (Å²) in [6, 6.07) is -1.12. The Morgan fingerprint density at radius 1 is 1.39 bits per heavy atom. The standard InChI is InChI=1S/C12H22N2O4/c1-3-5-10(11(15)16)14-12(17)13-8-6-9(7-8)18-4-2/h8-10H,3-7H2,1-2H3,(H,15,16)(H2,13,14,17)/t8?,9?,10-/m0/s1. The molecule has 6 heteroatoms. The molecule has 0 aromatic carbocycles. The molecular weight excluding hydrogens is 236 g/mol. The minimum absolute atomic E-state index is 0.0950. The molecule has 1 rings (SSSR count). The Kier molecular flexibility index (Phi) is 5.91. The summed E-state index contributed by atoms with van der Waals surface area (Å²) < 4.78 is 5.38. The first-order chi connectivity index (χ1) is 8.56. The minimum Gasteiger partial charge on any atom is -0.480 e. The first-order valence-electron chi connectivity index (χ1n) is 6.48. The summed E-state index contributed by atoms with van der Waals surface area (Å²) >= 11 is 0. The quantitative estimate of drug-likeness (QED) is 0.638. The van der Waals surface area contributed by atoms with Crippen molar-refractivity contribution >= 4 is 12.0 Å². The summed E-state index contributed by atoms with van der Waals surface area (Å²) in [7, 11) is 0. The molecule has 2 amide bonds. The van der Waals surface area contributed by atoms with Gasteiger partial charge in [-0.25, -0.2) is 9.59 Å². The van der Waals surface area contributed by atoms with Crippen molar-refractivity contribution in [2.75, 3.05) is 6.61 Å². The third-order valence-corrected chi connectivity index (χ3v) is 3.01. The lowest BCUT2D eigenvalue weighted by atomic mass is 9.89. The molecule has 0 spiro atoms. The number of amides is 2. The molecule has 18 heavy (non-hydrogen) atoms. The van der Waals surface area contributed by atoms with Gasteiger partial charge < -0.3 is 20.5 Å². The van der Waals surface area contributed by atoms with Gasteiger partial charge in [0.1, 0.15) is 6.04 Å². The molecule has 0 bridgehead atoms. The van der Waals surface area contributed by atoms with Crippen LogP contribution in [0.1, 0.15) is 39.5 Å². The van der Waals surface area contributed by atoms with Gasteiger partial charge in [-0.15, -0.1) is 0 Å². The maximum atomic E-state index is 11.6. The van der Waals surface area contributed by atoms with Crippen molar-refractivity contribution in [1.29, 1.82) is 0 Å². The van der Waals surface area contributed by atoms with E-state index in [4.69, 9.17) is 9.84 Å². The molecule has 6 nitrogen and oxygen atoms in total. The minimum atomic E-state index is -0.993. The number of aliphatic carboxylic acids is 1. The van der Waals surface area contributed by atoms with Gasteiger partial charge in [0.15, 0.2) is 0 Å². The third kappa shape index (κ3) is 4.52. The van der Waals surface area contributed by atoms with E-state index in [9.17, 15) is 9.59 Å². The number of hydrogen-bond acceptors (Lipinski definition) is 3. The number of carbonyl (C=O) groups is 2. The smallest absolute Gasteiger partial charge is 0.326 e. The van der Waals surface area contributed by atoms with Crippen LogP contribution in [0.3, 0.4) is 0 Å². The van der Waals surface area contributed by atoms with Gasteiger partial charge in [0, 0.05) is 12.6 Å². The Morgan fingerprint density at radius 3 is 2.56 bits per heavy atom. The Hall–Kier alpha value is -1.30. The fourth-order valence-electron chi connectivity index (χ4n) is 1.99. The highest BCUT2D eigenvalue weighted by atomic mass is 16.5. The molecule has 104 valence electrons. The van der Waals surface area contributed by atoms with E-state index in [2.05, 4.69) is 10.6 Å². The molecule has 0 aliphatic heterocycles. The largest absolute Gasteiger partial charge is 0.480 e. The Balaban J connectivity index is 2.23. The lowest BCUT2D eigenvalue weighted by Gasteiger charge is -2.35. The molecule has 1 atom stereocenters. The van der Waals surface area contributed by atoms with Crippen molar-refractivity contribution in [3.63, 3.8) is 0 Å². The number of carboxylic acids is 1. The number of hydrogen-bond donors (Lipinski definition) is 3. The summed E-state index contributed by atoms with van der Waals surface area (Å²) in [5.74, 6) is -0.993. The third-order valence-electron chi connectivity index (χ3n) is 3.01. The normalized spacial score (nSPS) is 23.9. The number of ether oxygens (including phenoxy) is 1. The zero-order valence-electron chi connectivity index (χ0n) is 10.9. The fraction of sp³-hybridized carbons (Fsp3) is 0.833. The van der Waals surface area contributed by atoms with E-state index < -0.39 is 18.0 Å². The number of carboxylic acid groups (broad SMARTS) is 1. The average Bonchev–Trinajstić information content (AvgIpc) is 2.25. The van der Waals surface area contributed by atoms with E-state index >= 15 is 0 Å². The first kappa shape index (κ1) is 14.8. The molecule has 0 heterocycles. The van der Waals surface area contributed by atoms with E-state index in [0.29, 0.717) is 19.4 Å². The van der Waals surface area contributed by atoms with Crippen molar-refractivity contribution < 1.29 is 19.4 Å². The van der Waals surface area contributed by atoms with Gasteiger partial charge in [-0.2, -0.15) is 0 Å². The molecule has 0 radical (unpaired) electrons. The van der Waals surface area contributed by atoms with Crippen LogP contribution < -0.4 is 10.6 Å². The van der Waals surface area contributed by atoms with Crippen LogP contribution in [0.15, 0.2) is 0 Å². The number of nitrogens with one attached hydrogen (secondary N) is 2. The lowest BCUT2D eigenvalue weighted by Crippen LogP contribution is -2.53. The Labute approximate surface area is 107 Å². The van der Waals surface area contributed by atoms with Crippen LogP contribution in [0, 0.1) is 0 Å². The summed E-state index contributed by atoms with van der Waals surface area (Å²) in [6.45, 7) is 4.50. The molecule has 3 N–H and O–H groups in total. The van der Waals surface area contributed by atoms with E-state index in [1.54, 1.807) is 0 Å².